The van der Waals surface area contributed by atoms with Crippen molar-refractivity contribution in [3.63, 3.8) is 0 Å². The molecule has 1 unspecified atom stereocenters. The van der Waals surface area contributed by atoms with Crippen LogP contribution < -0.4 is 21.3 Å². The summed E-state index contributed by atoms with van der Waals surface area (Å²) in [6.45, 7) is 12.4. The minimum absolute atomic E-state index is 0.0302. The summed E-state index contributed by atoms with van der Waals surface area (Å²) in [4.78, 5) is 53.6. The number of nitrogens with one attached hydrogen (secondary N) is 4. The fraction of sp³-hybridized carbons (Fsp3) is 0.500. The summed E-state index contributed by atoms with van der Waals surface area (Å²) in [5.41, 5.74) is 1.65. The summed E-state index contributed by atoms with van der Waals surface area (Å²) in [5.74, 6) is -1.14. The topological polar surface area (TPSA) is 146 Å². The van der Waals surface area contributed by atoms with Gasteiger partial charge in [-0.15, -0.1) is 0 Å². The first-order valence-electron chi connectivity index (χ1n) is 17.9. The molecular weight excluding hydrogens is 632 g/mol. The van der Waals surface area contributed by atoms with Crippen LogP contribution in [-0.2, 0) is 32.1 Å². The summed E-state index contributed by atoms with van der Waals surface area (Å²) in [5, 5.41) is 24.5. The Morgan fingerprint density at radius 3 is 2.14 bits per heavy atom. The molecule has 0 aliphatic heterocycles. The number of carbonyl (C=O) groups excluding carboxylic acids is 4. The van der Waals surface area contributed by atoms with E-state index in [9.17, 15) is 24.3 Å². The van der Waals surface area contributed by atoms with Gasteiger partial charge in [0.2, 0.25) is 17.7 Å². The number of alkyl carbamates (subject to hydrolysis) is 1. The van der Waals surface area contributed by atoms with E-state index in [1.807, 2.05) is 114 Å². The van der Waals surface area contributed by atoms with Gasteiger partial charge in [0.1, 0.15) is 18.7 Å². The van der Waals surface area contributed by atoms with Gasteiger partial charge in [-0.05, 0) is 46.1 Å². The molecule has 3 aromatic carbocycles. The van der Waals surface area contributed by atoms with Crippen LogP contribution in [0.3, 0.4) is 0 Å². The first-order valence-corrected chi connectivity index (χ1v) is 17.9. The number of amides is 4. The number of ether oxygens (including phenoxy) is 1. The number of aliphatic hydroxyl groups excluding tert-OH is 1. The lowest BCUT2D eigenvalue weighted by atomic mass is 9.93. The van der Waals surface area contributed by atoms with Crippen molar-refractivity contribution in [1.29, 1.82) is 0 Å². The summed E-state index contributed by atoms with van der Waals surface area (Å²) in [6, 6.07) is 20.1. The number of hydrogen-bond acceptors (Lipinski definition) is 6. The Kier molecular flexibility index (Phi) is 16.2. The minimum Gasteiger partial charge on any atom is -0.445 e. The molecule has 0 fully saturated rings. The SMILES string of the molecule is CCC(C)CNC(=O)C[C@H](O)[C@H](CC(C)C)NC(=O)[C@@H](NC(=O)[C@H](Cc1cccc2ccccc12)NC(=O)OCc1ccccc1)[C@@H](C)CC. The van der Waals surface area contributed by atoms with Crippen LogP contribution in [0.25, 0.3) is 10.8 Å². The predicted octanol–water partition coefficient (Wildman–Crippen LogP) is 5.65. The molecule has 0 heterocycles. The van der Waals surface area contributed by atoms with Crippen molar-refractivity contribution in [2.24, 2.45) is 17.8 Å². The van der Waals surface area contributed by atoms with Crippen LogP contribution in [0.4, 0.5) is 4.79 Å². The van der Waals surface area contributed by atoms with Crippen molar-refractivity contribution in [3.8, 4) is 0 Å². The Morgan fingerprint density at radius 1 is 0.780 bits per heavy atom. The van der Waals surface area contributed by atoms with Crippen LogP contribution in [0, 0.1) is 17.8 Å². The zero-order chi connectivity index (χ0) is 36.6. The molecule has 3 aromatic rings. The lowest BCUT2D eigenvalue weighted by Gasteiger charge is -2.31. The molecule has 50 heavy (non-hydrogen) atoms. The average Bonchev–Trinajstić information content (AvgIpc) is 3.11. The Morgan fingerprint density at radius 2 is 1.46 bits per heavy atom. The van der Waals surface area contributed by atoms with Crippen molar-refractivity contribution in [3.05, 3.63) is 83.9 Å². The van der Waals surface area contributed by atoms with E-state index in [-0.39, 0.29) is 37.2 Å². The van der Waals surface area contributed by atoms with E-state index in [0.717, 1.165) is 28.3 Å². The van der Waals surface area contributed by atoms with Crippen molar-refractivity contribution in [2.45, 2.75) is 104 Å². The van der Waals surface area contributed by atoms with Crippen molar-refractivity contribution in [2.75, 3.05) is 6.54 Å². The van der Waals surface area contributed by atoms with E-state index in [2.05, 4.69) is 21.3 Å². The van der Waals surface area contributed by atoms with Gasteiger partial charge in [0.25, 0.3) is 0 Å². The molecule has 272 valence electrons. The third-order valence-electron chi connectivity index (χ3n) is 9.18. The lowest BCUT2D eigenvalue weighted by Crippen LogP contribution is -2.58. The molecule has 3 rings (SSSR count). The molecule has 0 aromatic heterocycles. The van der Waals surface area contributed by atoms with Gasteiger partial charge < -0.3 is 31.1 Å². The van der Waals surface area contributed by atoms with E-state index < -0.39 is 42.1 Å². The van der Waals surface area contributed by atoms with Gasteiger partial charge in [0.05, 0.1) is 18.6 Å². The normalized spacial score (nSPS) is 14.9. The van der Waals surface area contributed by atoms with E-state index in [1.54, 1.807) is 0 Å². The Labute approximate surface area is 297 Å². The highest BCUT2D eigenvalue weighted by atomic mass is 16.5. The van der Waals surface area contributed by atoms with Crippen molar-refractivity contribution < 1.29 is 29.0 Å². The van der Waals surface area contributed by atoms with Gasteiger partial charge >= 0.3 is 6.09 Å². The second-order valence-electron chi connectivity index (χ2n) is 13.8. The van der Waals surface area contributed by atoms with Gasteiger partial charge in [-0.25, -0.2) is 4.79 Å². The molecule has 4 amide bonds. The standard InChI is InChI=1S/C40H56N4O6/c1-7-27(5)24-41-36(46)23-35(45)33(21-26(3)4)42-39(48)37(28(6)8-2)44-38(47)34(43-40(49)50-25-29-15-10-9-11-16-29)22-31-19-14-18-30-17-12-13-20-32(30)31/h9-20,26-28,33-35,37,45H,7-8,21-25H2,1-6H3,(H,41,46)(H,42,48)(H,43,49)(H,44,47)/t27?,28-,33-,34-,35-,37-/m0/s1. The molecule has 0 saturated heterocycles. The molecule has 10 nitrogen and oxygen atoms in total. The minimum atomic E-state index is -1.12. The third-order valence-corrected chi connectivity index (χ3v) is 9.18. The number of benzene rings is 3. The molecule has 5 N–H and O–H groups in total. The number of rotatable bonds is 19. The van der Waals surface area contributed by atoms with Gasteiger partial charge in [0.15, 0.2) is 0 Å². The molecule has 0 aliphatic rings. The summed E-state index contributed by atoms with van der Waals surface area (Å²) in [7, 11) is 0. The quantitative estimate of drug-likeness (QED) is 0.110. The molecule has 6 atom stereocenters. The highest BCUT2D eigenvalue weighted by Gasteiger charge is 2.33. The fourth-order valence-corrected chi connectivity index (χ4v) is 5.69. The summed E-state index contributed by atoms with van der Waals surface area (Å²) < 4.78 is 5.47. The van der Waals surface area contributed by atoms with Gasteiger partial charge in [-0.3, -0.25) is 14.4 Å². The first kappa shape index (κ1) is 40.0. The van der Waals surface area contributed by atoms with Crippen molar-refractivity contribution in [1.82, 2.24) is 21.3 Å². The van der Waals surface area contributed by atoms with Crippen LogP contribution >= 0.6 is 0 Å². The smallest absolute Gasteiger partial charge is 0.408 e. The number of aliphatic hydroxyl groups is 1. The zero-order valence-corrected chi connectivity index (χ0v) is 30.4. The second-order valence-corrected chi connectivity index (χ2v) is 13.8. The maximum absolute atomic E-state index is 14.1. The Hall–Kier alpha value is -4.44. The monoisotopic (exact) mass is 688 g/mol. The van der Waals surface area contributed by atoms with Crippen LogP contribution in [0.5, 0.6) is 0 Å². The van der Waals surface area contributed by atoms with E-state index in [1.165, 1.54) is 0 Å². The highest BCUT2D eigenvalue weighted by Crippen LogP contribution is 2.21. The summed E-state index contributed by atoms with van der Waals surface area (Å²) in [6.07, 6.45) is 0.0568. The molecular formula is C40H56N4O6. The van der Waals surface area contributed by atoms with E-state index in [4.69, 9.17) is 4.74 Å². The van der Waals surface area contributed by atoms with Gasteiger partial charge in [-0.2, -0.15) is 0 Å². The maximum Gasteiger partial charge on any atom is 0.408 e. The largest absolute Gasteiger partial charge is 0.445 e. The highest BCUT2D eigenvalue weighted by molar-refractivity contribution is 5.93. The van der Waals surface area contributed by atoms with Crippen LogP contribution in [0.2, 0.25) is 0 Å². The maximum atomic E-state index is 14.1. The average molecular weight is 689 g/mol. The first-order chi connectivity index (χ1) is 23.9. The molecule has 0 aliphatic carbocycles. The molecule has 0 spiro atoms. The van der Waals surface area contributed by atoms with Crippen LogP contribution in [0.1, 0.15) is 78.4 Å². The van der Waals surface area contributed by atoms with Gasteiger partial charge in [0, 0.05) is 13.0 Å². The van der Waals surface area contributed by atoms with E-state index in [0.29, 0.717) is 25.3 Å². The van der Waals surface area contributed by atoms with Crippen molar-refractivity contribution >= 4 is 34.6 Å². The Bertz CT molecular complexity index is 1530. The Balaban J connectivity index is 1.81. The number of hydrogen-bond donors (Lipinski definition) is 5. The third kappa shape index (κ3) is 12.8. The molecule has 0 radical (unpaired) electrons. The fourth-order valence-electron chi connectivity index (χ4n) is 5.69. The number of fused-ring (bicyclic) bond motifs is 1. The van der Waals surface area contributed by atoms with Crippen LogP contribution in [0.15, 0.2) is 72.8 Å². The number of carbonyl (C=O) groups is 4. The lowest BCUT2D eigenvalue weighted by molar-refractivity contribution is -0.132. The van der Waals surface area contributed by atoms with Gasteiger partial charge in [-0.1, -0.05) is 127 Å². The summed E-state index contributed by atoms with van der Waals surface area (Å²) >= 11 is 0. The molecule has 0 saturated carbocycles. The molecule has 0 bridgehead atoms. The van der Waals surface area contributed by atoms with E-state index >= 15 is 0 Å². The van der Waals surface area contributed by atoms with Crippen LogP contribution in [-0.4, -0.2) is 59.7 Å². The molecule has 10 heteroatoms. The second kappa shape index (κ2) is 20.3. The zero-order valence-electron chi connectivity index (χ0n) is 30.4. The predicted molar refractivity (Wildman–Crippen MR) is 197 cm³/mol.